The molecule has 3 rings (SSSR count). The van der Waals surface area contributed by atoms with Gasteiger partial charge < -0.3 is 24.2 Å². The first-order valence-electron chi connectivity index (χ1n) is 9.66. The number of carbonyl (C=O) groups excluding carboxylic acids is 1. The van der Waals surface area contributed by atoms with Crippen molar-refractivity contribution in [3.63, 3.8) is 0 Å². The zero-order chi connectivity index (χ0) is 22.8. The van der Waals surface area contributed by atoms with Crippen LogP contribution < -0.4 is 19.1 Å². The summed E-state index contributed by atoms with van der Waals surface area (Å²) in [6.45, 7) is 3.69. The molecule has 1 unspecified atom stereocenters. The van der Waals surface area contributed by atoms with Crippen LogP contribution in [0.15, 0.2) is 42.5 Å². The maximum Gasteiger partial charge on any atom is 0.416 e. The van der Waals surface area contributed by atoms with E-state index in [4.69, 9.17) is 14.2 Å². The van der Waals surface area contributed by atoms with Crippen molar-refractivity contribution in [2.45, 2.75) is 38.1 Å². The van der Waals surface area contributed by atoms with Gasteiger partial charge in [-0.3, -0.25) is 4.79 Å². The number of nitrogens with zero attached hydrogens (tertiary/aromatic N) is 1. The lowest BCUT2D eigenvalue weighted by atomic mass is 10.2. The smallest absolute Gasteiger partial charge is 0.416 e. The number of benzene rings is 2. The highest BCUT2D eigenvalue weighted by Gasteiger charge is 2.35. The highest BCUT2D eigenvalue weighted by Crippen LogP contribution is 2.35. The summed E-state index contributed by atoms with van der Waals surface area (Å²) in [5, 5.41) is 9.82. The predicted molar refractivity (Wildman–Crippen MR) is 108 cm³/mol. The number of halogens is 3. The third-order valence-corrected chi connectivity index (χ3v) is 4.66. The van der Waals surface area contributed by atoms with Gasteiger partial charge in [0.25, 0.3) is 5.91 Å². The molecule has 31 heavy (non-hydrogen) atoms. The molecule has 1 heterocycles. The van der Waals surface area contributed by atoms with Crippen molar-refractivity contribution in [2.24, 2.45) is 0 Å². The van der Waals surface area contributed by atoms with Crippen LogP contribution in [0.2, 0.25) is 0 Å². The third kappa shape index (κ3) is 5.61. The van der Waals surface area contributed by atoms with Crippen molar-refractivity contribution in [1.82, 2.24) is 0 Å². The first kappa shape index (κ1) is 22.7. The number of hydrogen-bond acceptors (Lipinski definition) is 5. The van der Waals surface area contributed by atoms with Crippen LogP contribution in [-0.4, -0.2) is 43.0 Å². The summed E-state index contributed by atoms with van der Waals surface area (Å²) in [5.74, 6) is 0.729. The molecule has 9 heteroatoms. The highest BCUT2D eigenvalue weighted by atomic mass is 19.4. The Hall–Kier alpha value is -2.94. The van der Waals surface area contributed by atoms with Crippen molar-refractivity contribution >= 4 is 11.6 Å². The minimum absolute atomic E-state index is 0.0639. The second-order valence-corrected chi connectivity index (χ2v) is 7.84. The van der Waals surface area contributed by atoms with Gasteiger partial charge in [0.05, 0.1) is 18.3 Å². The first-order chi connectivity index (χ1) is 14.5. The Morgan fingerprint density at radius 3 is 2.35 bits per heavy atom. The molecule has 1 N–H and O–H groups in total. The van der Waals surface area contributed by atoms with Gasteiger partial charge in [-0.15, -0.1) is 0 Å². The molecule has 0 saturated carbocycles. The normalized spacial score (nSPS) is 17.1. The van der Waals surface area contributed by atoms with E-state index in [1.807, 2.05) is 0 Å². The quantitative estimate of drug-likeness (QED) is 0.705. The minimum Gasteiger partial charge on any atom is -0.493 e. The topological polar surface area (TPSA) is 68.2 Å². The molecular weight excluding hydrogens is 415 g/mol. The van der Waals surface area contributed by atoms with Crippen LogP contribution in [0.1, 0.15) is 25.8 Å². The number of anilines is 1. The molecule has 6 nitrogen and oxygen atoms in total. The fraction of sp³-hybridized carbons (Fsp3) is 0.409. The fourth-order valence-corrected chi connectivity index (χ4v) is 3.10. The van der Waals surface area contributed by atoms with Crippen molar-refractivity contribution < 1.29 is 37.3 Å². The summed E-state index contributed by atoms with van der Waals surface area (Å²) in [5.41, 5.74) is -1.22. The molecule has 0 aromatic heterocycles. The van der Waals surface area contributed by atoms with Gasteiger partial charge in [0.2, 0.25) is 0 Å². The van der Waals surface area contributed by atoms with E-state index in [-0.39, 0.29) is 18.3 Å². The van der Waals surface area contributed by atoms with Crippen LogP contribution in [0.5, 0.6) is 17.2 Å². The van der Waals surface area contributed by atoms with E-state index >= 15 is 0 Å². The average molecular weight is 439 g/mol. The monoisotopic (exact) mass is 439 g/mol. The van der Waals surface area contributed by atoms with Gasteiger partial charge in [0.15, 0.2) is 17.6 Å². The Morgan fingerprint density at radius 1 is 1.10 bits per heavy atom. The van der Waals surface area contributed by atoms with E-state index in [2.05, 4.69) is 0 Å². The Balaban J connectivity index is 1.69. The lowest BCUT2D eigenvalue weighted by Gasteiger charge is -2.21. The van der Waals surface area contributed by atoms with Crippen LogP contribution in [-0.2, 0) is 11.0 Å². The van der Waals surface area contributed by atoms with Gasteiger partial charge in [-0.05, 0) is 50.2 Å². The van der Waals surface area contributed by atoms with Crippen molar-refractivity contribution in [3.8, 4) is 17.2 Å². The van der Waals surface area contributed by atoms with Gasteiger partial charge in [-0.1, -0.05) is 0 Å². The molecule has 0 bridgehead atoms. The summed E-state index contributed by atoms with van der Waals surface area (Å²) in [6.07, 6.45) is -4.84. The second kappa shape index (κ2) is 8.66. The Bertz CT molecular complexity index is 922. The van der Waals surface area contributed by atoms with E-state index in [1.165, 1.54) is 24.1 Å². The number of carbonyl (C=O) groups is 1. The number of hydrogen-bond donors (Lipinski definition) is 1. The molecule has 2 aromatic rings. The number of aliphatic hydroxyl groups is 1. The second-order valence-electron chi connectivity index (χ2n) is 7.84. The van der Waals surface area contributed by atoms with Crippen LogP contribution in [0.4, 0.5) is 18.9 Å². The SMILES string of the molecule is COc1cc(N2CCC(Oc3ccc(C(F)(F)F)cc3)C2=O)ccc1OCC(C)(C)O. The van der Waals surface area contributed by atoms with E-state index in [9.17, 15) is 23.1 Å². The number of amides is 1. The highest BCUT2D eigenvalue weighted by molar-refractivity contribution is 5.99. The molecule has 0 aliphatic carbocycles. The summed E-state index contributed by atoms with van der Waals surface area (Å²) in [6, 6.07) is 9.25. The number of alkyl halides is 3. The summed E-state index contributed by atoms with van der Waals surface area (Å²) < 4.78 is 54.6. The van der Waals surface area contributed by atoms with Gasteiger partial charge in [-0.25, -0.2) is 0 Å². The number of rotatable bonds is 7. The Labute approximate surface area is 178 Å². The predicted octanol–water partition coefficient (Wildman–Crippen LogP) is 4.05. The molecule has 1 aliphatic rings. The zero-order valence-corrected chi connectivity index (χ0v) is 17.4. The van der Waals surface area contributed by atoms with Crippen LogP contribution in [0, 0.1) is 0 Å². The molecule has 1 fully saturated rings. The minimum atomic E-state index is -4.43. The maximum absolute atomic E-state index is 12.8. The number of methoxy groups -OCH3 is 1. The molecule has 1 amide bonds. The average Bonchev–Trinajstić information content (AvgIpc) is 3.05. The van der Waals surface area contributed by atoms with Gasteiger partial charge in [-0.2, -0.15) is 13.2 Å². The molecular formula is C22H24F3NO5. The molecule has 0 spiro atoms. The summed E-state index contributed by atoms with van der Waals surface area (Å²) in [4.78, 5) is 14.3. The summed E-state index contributed by atoms with van der Waals surface area (Å²) in [7, 11) is 1.47. The molecule has 1 aliphatic heterocycles. The van der Waals surface area contributed by atoms with Crippen LogP contribution >= 0.6 is 0 Å². The third-order valence-electron chi connectivity index (χ3n) is 4.66. The van der Waals surface area contributed by atoms with Crippen LogP contribution in [0.3, 0.4) is 0 Å². The Kier molecular flexibility index (Phi) is 6.35. The largest absolute Gasteiger partial charge is 0.493 e. The van der Waals surface area contributed by atoms with Crippen molar-refractivity contribution in [3.05, 3.63) is 48.0 Å². The van der Waals surface area contributed by atoms with E-state index in [1.54, 1.807) is 32.0 Å². The van der Waals surface area contributed by atoms with Crippen molar-refractivity contribution in [2.75, 3.05) is 25.2 Å². The van der Waals surface area contributed by atoms with E-state index in [0.717, 1.165) is 12.1 Å². The maximum atomic E-state index is 12.8. The summed E-state index contributed by atoms with van der Waals surface area (Å²) >= 11 is 0. The molecule has 2 aromatic carbocycles. The lowest BCUT2D eigenvalue weighted by Crippen LogP contribution is -2.32. The Morgan fingerprint density at radius 2 is 1.77 bits per heavy atom. The van der Waals surface area contributed by atoms with Gasteiger partial charge in [0.1, 0.15) is 12.4 Å². The zero-order valence-electron chi connectivity index (χ0n) is 17.4. The molecule has 0 radical (unpaired) electrons. The first-order valence-corrected chi connectivity index (χ1v) is 9.66. The van der Waals surface area contributed by atoms with E-state index < -0.39 is 23.4 Å². The van der Waals surface area contributed by atoms with Crippen molar-refractivity contribution in [1.29, 1.82) is 0 Å². The van der Waals surface area contributed by atoms with Gasteiger partial charge >= 0.3 is 6.18 Å². The molecule has 1 saturated heterocycles. The lowest BCUT2D eigenvalue weighted by molar-refractivity contribution is -0.137. The van der Waals surface area contributed by atoms with E-state index in [0.29, 0.717) is 30.2 Å². The molecule has 1 atom stereocenters. The molecule has 168 valence electrons. The number of ether oxygens (including phenoxy) is 3. The fourth-order valence-electron chi connectivity index (χ4n) is 3.10. The van der Waals surface area contributed by atoms with Gasteiger partial charge in [0, 0.05) is 24.7 Å². The van der Waals surface area contributed by atoms with Crippen LogP contribution in [0.25, 0.3) is 0 Å². The standard InChI is InChI=1S/C22H24F3NO5/c1-21(2,28)13-30-17-9-6-15(12-19(17)29-3)26-11-10-18(20(26)27)31-16-7-4-14(5-8-16)22(23,24)25/h4-9,12,18,28H,10-11,13H2,1-3H3.